The van der Waals surface area contributed by atoms with E-state index in [9.17, 15) is 9.18 Å². The van der Waals surface area contributed by atoms with Gasteiger partial charge in [-0.15, -0.1) is 0 Å². The predicted octanol–water partition coefficient (Wildman–Crippen LogP) is 1.08. The first kappa shape index (κ1) is 13.0. The van der Waals surface area contributed by atoms with Crippen LogP contribution in [0.3, 0.4) is 0 Å². The molecule has 1 aliphatic heterocycles. The molecule has 2 rings (SSSR count). The summed E-state index contributed by atoms with van der Waals surface area (Å²) < 4.78 is 13.4. The van der Waals surface area contributed by atoms with E-state index in [2.05, 4.69) is 12.2 Å². The molecule has 1 amide bonds. The van der Waals surface area contributed by atoms with Crippen molar-refractivity contribution in [3.63, 3.8) is 0 Å². The first-order valence-electron chi connectivity index (χ1n) is 6.53. The molecule has 1 unspecified atom stereocenters. The number of amides is 1. The Hall–Kier alpha value is -1.42. The van der Waals surface area contributed by atoms with Crippen molar-refractivity contribution in [3.05, 3.63) is 30.1 Å². The van der Waals surface area contributed by atoms with Crippen LogP contribution in [0.4, 0.5) is 10.1 Å². The molecule has 4 heteroatoms. The number of nitrogens with one attached hydrogen (secondary N) is 2. The van der Waals surface area contributed by atoms with Gasteiger partial charge in [-0.3, -0.25) is 4.79 Å². The fraction of sp³-hybridized carbons (Fsp3) is 0.500. The van der Waals surface area contributed by atoms with Crippen LogP contribution in [-0.4, -0.2) is 25.5 Å². The molecule has 0 bridgehead atoms. The number of para-hydroxylation sites is 1. The van der Waals surface area contributed by atoms with Crippen molar-refractivity contribution in [1.29, 1.82) is 0 Å². The molecule has 2 atom stereocenters. The van der Waals surface area contributed by atoms with Gasteiger partial charge < -0.3 is 10.2 Å². The van der Waals surface area contributed by atoms with E-state index in [1.165, 1.54) is 23.8 Å². The third kappa shape index (κ3) is 3.53. The lowest BCUT2D eigenvalue weighted by molar-refractivity contribution is -0.900. The Bertz CT molecular complexity index is 422. The number of carbonyl (C=O) groups excluding carboxylic acids is 1. The average molecular weight is 251 g/mol. The SMILES string of the molecule is C[C@@H]1CCC[NH+](CC(=O)Nc2ccccc2F)C1. The van der Waals surface area contributed by atoms with Crippen LogP contribution >= 0.6 is 0 Å². The van der Waals surface area contributed by atoms with Gasteiger partial charge in [0.2, 0.25) is 0 Å². The van der Waals surface area contributed by atoms with Crippen LogP contribution in [0.1, 0.15) is 19.8 Å². The third-order valence-electron chi connectivity index (χ3n) is 3.42. The predicted molar refractivity (Wildman–Crippen MR) is 69.0 cm³/mol. The molecule has 0 aliphatic carbocycles. The van der Waals surface area contributed by atoms with E-state index in [4.69, 9.17) is 0 Å². The van der Waals surface area contributed by atoms with Crippen LogP contribution in [0.5, 0.6) is 0 Å². The van der Waals surface area contributed by atoms with Gasteiger partial charge in [0.1, 0.15) is 5.82 Å². The number of carbonyl (C=O) groups is 1. The van der Waals surface area contributed by atoms with Gasteiger partial charge in [0, 0.05) is 5.92 Å². The van der Waals surface area contributed by atoms with Gasteiger partial charge in [0.25, 0.3) is 5.91 Å². The van der Waals surface area contributed by atoms with Crippen molar-refractivity contribution in [2.45, 2.75) is 19.8 Å². The molecule has 0 radical (unpaired) electrons. The molecule has 3 nitrogen and oxygen atoms in total. The lowest BCUT2D eigenvalue weighted by Gasteiger charge is -2.27. The van der Waals surface area contributed by atoms with Gasteiger partial charge >= 0.3 is 0 Å². The summed E-state index contributed by atoms with van der Waals surface area (Å²) in [5, 5.41) is 2.64. The van der Waals surface area contributed by atoms with Crippen molar-refractivity contribution in [2.24, 2.45) is 5.92 Å². The minimum absolute atomic E-state index is 0.107. The van der Waals surface area contributed by atoms with E-state index in [0.29, 0.717) is 12.5 Å². The monoisotopic (exact) mass is 251 g/mol. The molecule has 1 heterocycles. The van der Waals surface area contributed by atoms with Crippen molar-refractivity contribution in [1.82, 2.24) is 0 Å². The molecule has 0 saturated carbocycles. The van der Waals surface area contributed by atoms with E-state index >= 15 is 0 Å². The standard InChI is InChI=1S/C14H19FN2O/c1-11-5-4-8-17(9-11)10-14(18)16-13-7-3-2-6-12(13)15/h2-3,6-7,11H,4-5,8-10H2,1H3,(H,16,18)/p+1/t11-/m1/s1. The topological polar surface area (TPSA) is 33.5 Å². The van der Waals surface area contributed by atoms with Crippen LogP contribution in [0, 0.1) is 11.7 Å². The van der Waals surface area contributed by atoms with E-state index < -0.39 is 0 Å². The summed E-state index contributed by atoms with van der Waals surface area (Å²) in [7, 11) is 0. The summed E-state index contributed by atoms with van der Waals surface area (Å²) in [4.78, 5) is 13.1. The number of hydrogen-bond donors (Lipinski definition) is 2. The molecule has 1 aromatic rings. The van der Waals surface area contributed by atoms with Crippen molar-refractivity contribution in [2.75, 3.05) is 25.0 Å². The van der Waals surface area contributed by atoms with Crippen LogP contribution in [0.15, 0.2) is 24.3 Å². The molecule has 1 aromatic carbocycles. The van der Waals surface area contributed by atoms with Crippen LogP contribution in [0.2, 0.25) is 0 Å². The van der Waals surface area contributed by atoms with E-state index in [1.54, 1.807) is 18.2 Å². The maximum Gasteiger partial charge on any atom is 0.279 e. The van der Waals surface area contributed by atoms with E-state index in [-0.39, 0.29) is 17.4 Å². The van der Waals surface area contributed by atoms with Crippen LogP contribution < -0.4 is 10.2 Å². The molecule has 18 heavy (non-hydrogen) atoms. The summed E-state index contributed by atoms with van der Waals surface area (Å²) >= 11 is 0. The Morgan fingerprint density at radius 2 is 2.28 bits per heavy atom. The second kappa shape index (κ2) is 5.96. The maximum absolute atomic E-state index is 13.4. The molecular formula is C14H20FN2O+. The molecule has 0 spiro atoms. The van der Waals surface area contributed by atoms with Crippen molar-refractivity contribution >= 4 is 11.6 Å². The fourth-order valence-corrected chi connectivity index (χ4v) is 2.54. The average Bonchev–Trinajstić information content (AvgIpc) is 2.32. The second-order valence-electron chi connectivity index (χ2n) is 5.16. The maximum atomic E-state index is 13.4. The van der Waals surface area contributed by atoms with Gasteiger partial charge in [-0.25, -0.2) is 4.39 Å². The minimum atomic E-state index is -0.382. The number of quaternary nitrogens is 1. The minimum Gasteiger partial charge on any atom is -0.327 e. The number of rotatable bonds is 3. The molecule has 1 aliphatic rings. The van der Waals surface area contributed by atoms with Gasteiger partial charge in [-0.05, 0) is 25.0 Å². The highest BCUT2D eigenvalue weighted by Crippen LogP contribution is 2.11. The van der Waals surface area contributed by atoms with Gasteiger partial charge in [-0.2, -0.15) is 0 Å². The van der Waals surface area contributed by atoms with Crippen molar-refractivity contribution < 1.29 is 14.1 Å². The van der Waals surface area contributed by atoms with Crippen LogP contribution in [0.25, 0.3) is 0 Å². The molecule has 1 fully saturated rings. The number of benzene rings is 1. The number of likely N-dealkylation sites (tertiary alicyclic amines) is 1. The highest BCUT2D eigenvalue weighted by Gasteiger charge is 2.22. The Balaban J connectivity index is 1.87. The number of piperidine rings is 1. The smallest absolute Gasteiger partial charge is 0.279 e. The normalized spacial score (nSPS) is 23.7. The summed E-state index contributed by atoms with van der Waals surface area (Å²) in [6.07, 6.45) is 2.42. The van der Waals surface area contributed by atoms with Crippen LogP contribution in [-0.2, 0) is 4.79 Å². The Labute approximate surface area is 107 Å². The largest absolute Gasteiger partial charge is 0.327 e. The first-order valence-corrected chi connectivity index (χ1v) is 6.53. The Morgan fingerprint density at radius 3 is 3.00 bits per heavy atom. The number of hydrogen-bond acceptors (Lipinski definition) is 1. The number of anilines is 1. The lowest BCUT2D eigenvalue weighted by atomic mass is 10.0. The summed E-state index contributed by atoms with van der Waals surface area (Å²) in [6.45, 7) is 4.71. The summed E-state index contributed by atoms with van der Waals surface area (Å²) in [5.41, 5.74) is 0.270. The zero-order chi connectivity index (χ0) is 13.0. The Morgan fingerprint density at radius 1 is 1.50 bits per heavy atom. The molecule has 98 valence electrons. The molecular weight excluding hydrogens is 231 g/mol. The second-order valence-corrected chi connectivity index (χ2v) is 5.16. The number of halogens is 1. The zero-order valence-corrected chi connectivity index (χ0v) is 10.7. The van der Waals surface area contributed by atoms with Gasteiger partial charge in [0.15, 0.2) is 6.54 Å². The van der Waals surface area contributed by atoms with Crippen molar-refractivity contribution in [3.8, 4) is 0 Å². The highest BCUT2D eigenvalue weighted by atomic mass is 19.1. The fourth-order valence-electron chi connectivity index (χ4n) is 2.54. The summed E-state index contributed by atoms with van der Waals surface area (Å²) in [5.74, 6) is 0.187. The van der Waals surface area contributed by atoms with Gasteiger partial charge in [0.05, 0.1) is 18.8 Å². The third-order valence-corrected chi connectivity index (χ3v) is 3.42. The summed E-state index contributed by atoms with van der Waals surface area (Å²) in [6, 6.07) is 6.27. The Kier molecular flexibility index (Phi) is 4.31. The molecule has 1 saturated heterocycles. The van der Waals surface area contributed by atoms with E-state index in [1.807, 2.05) is 0 Å². The lowest BCUT2D eigenvalue weighted by Crippen LogP contribution is -3.14. The molecule has 0 aromatic heterocycles. The quantitative estimate of drug-likeness (QED) is 0.828. The molecule has 2 N–H and O–H groups in total. The van der Waals surface area contributed by atoms with E-state index in [0.717, 1.165) is 13.1 Å². The van der Waals surface area contributed by atoms with Gasteiger partial charge in [-0.1, -0.05) is 19.1 Å². The first-order chi connectivity index (χ1) is 8.65. The zero-order valence-electron chi connectivity index (χ0n) is 10.7. The highest BCUT2D eigenvalue weighted by molar-refractivity contribution is 5.91.